The Hall–Kier alpha value is -3.61. The Kier molecular flexibility index (Phi) is 7.54. The summed E-state index contributed by atoms with van der Waals surface area (Å²) in [5.74, 6) is -0.589. The van der Waals surface area contributed by atoms with Crippen LogP contribution in [0.4, 0.5) is 13.2 Å². The van der Waals surface area contributed by atoms with Crippen LogP contribution in [0.2, 0.25) is 0 Å². The largest absolute Gasteiger partial charge is 0.416 e. The molecule has 4 rings (SSSR count). The molecule has 1 aliphatic heterocycles. The Morgan fingerprint density at radius 1 is 0.857 bits per heavy atom. The van der Waals surface area contributed by atoms with Crippen molar-refractivity contribution in [2.24, 2.45) is 5.92 Å². The molecular weight excluding hydrogens is 453 g/mol. The summed E-state index contributed by atoms with van der Waals surface area (Å²) in [5.41, 5.74) is 1.58. The summed E-state index contributed by atoms with van der Waals surface area (Å²) >= 11 is 0. The third kappa shape index (κ3) is 6.29. The maximum absolute atomic E-state index is 13.1. The van der Waals surface area contributed by atoms with Crippen LogP contribution in [0.25, 0.3) is 0 Å². The third-order valence-corrected chi connectivity index (χ3v) is 6.41. The number of benzene rings is 3. The topological polar surface area (TPSA) is 49.4 Å². The molecular formula is C28H27F3N2O2. The quantitative estimate of drug-likeness (QED) is 0.495. The van der Waals surface area contributed by atoms with Gasteiger partial charge in [-0.15, -0.1) is 0 Å². The van der Waals surface area contributed by atoms with Crippen molar-refractivity contribution in [2.75, 3.05) is 13.1 Å². The van der Waals surface area contributed by atoms with Crippen LogP contribution in [-0.2, 0) is 17.4 Å². The lowest BCUT2D eigenvalue weighted by atomic mass is 9.93. The number of carbonyl (C=O) groups excluding carboxylic acids is 2. The highest BCUT2D eigenvalue weighted by atomic mass is 19.4. The molecule has 1 unspecified atom stereocenters. The minimum atomic E-state index is -4.44. The van der Waals surface area contributed by atoms with E-state index in [0.717, 1.165) is 23.3 Å². The molecule has 0 radical (unpaired) electrons. The van der Waals surface area contributed by atoms with E-state index in [1.807, 2.05) is 60.7 Å². The zero-order valence-electron chi connectivity index (χ0n) is 19.2. The van der Waals surface area contributed by atoms with E-state index in [4.69, 9.17) is 0 Å². The maximum Gasteiger partial charge on any atom is 0.416 e. The number of piperidine rings is 1. The molecule has 1 heterocycles. The average Bonchev–Trinajstić information content (AvgIpc) is 2.88. The molecule has 3 aromatic carbocycles. The zero-order chi connectivity index (χ0) is 24.8. The molecule has 0 bridgehead atoms. The number of rotatable bonds is 6. The Labute approximate surface area is 202 Å². The predicted molar refractivity (Wildman–Crippen MR) is 128 cm³/mol. The number of amides is 2. The first-order valence-electron chi connectivity index (χ1n) is 11.7. The highest BCUT2D eigenvalue weighted by molar-refractivity contribution is 5.94. The first-order valence-corrected chi connectivity index (χ1v) is 11.7. The van der Waals surface area contributed by atoms with Gasteiger partial charge in [-0.25, -0.2) is 0 Å². The summed E-state index contributed by atoms with van der Waals surface area (Å²) in [7, 11) is 0. The number of nitrogens with zero attached hydrogens (tertiary/aromatic N) is 1. The van der Waals surface area contributed by atoms with Crippen LogP contribution in [0.1, 0.15) is 45.9 Å². The molecule has 7 heteroatoms. The van der Waals surface area contributed by atoms with Gasteiger partial charge in [-0.3, -0.25) is 9.59 Å². The van der Waals surface area contributed by atoms with E-state index in [1.165, 1.54) is 12.1 Å². The van der Waals surface area contributed by atoms with Crippen LogP contribution in [0.5, 0.6) is 0 Å². The van der Waals surface area contributed by atoms with E-state index in [-0.39, 0.29) is 29.3 Å². The van der Waals surface area contributed by atoms with Crippen molar-refractivity contribution < 1.29 is 22.8 Å². The van der Waals surface area contributed by atoms with E-state index in [0.29, 0.717) is 32.4 Å². The molecule has 2 amide bonds. The summed E-state index contributed by atoms with van der Waals surface area (Å²) in [6.45, 7) is 0.763. The second kappa shape index (κ2) is 10.8. The molecule has 0 saturated carbocycles. The van der Waals surface area contributed by atoms with Crippen molar-refractivity contribution in [1.29, 1.82) is 0 Å². The van der Waals surface area contributed by atoms with Crippen LogP contribution < -0.4 is 5.32 Å². The molecule has 4 nitrogen and oxygen atoms in total. The molecule has 35 heavy (non-hydrogen) atoms. The molecule has 1 aliphatic rings. The standard InChI is InChI=1S/C28H27F3N2O2/c29-28(30,31)24-13-11-23(12-14-24)27(35)33-17-15-22(16-18-33)26(34)32-25(21-9-5-2-6-10-21)19-20-7-3-1-4-8-20/h1-14,22,25H,15-19H2,(H,32,34). The van der Waals surface area contributed by atoms with Crippen molar-refractivity contribution in [1.82, 2.24) is 10.2 Å². The van der Waals surface area contributed by atoms with Gasteiger partial charge in [0.15, 0.2) is 0 Å². The van der Waals surface area contributed by atoms with E-state index in [2.05, 4.69) is 5.32 Å². The molecule has 1 N–H and O–H groups in total. The molecule has 1 saturated heterocycles. The van der Waals surface area contributed by atoms with Gasteiger partial charge < -0.3 is 10.2 Å². The van der Waals surface area contributed by atoms with Crippen LogP contribution >= 0.6 is 0 Å². The minimum Gasteiger partial charge on any atom is -0.349 e. The number of nitrogens with one attached hydrogen (secondary N) is 1. The Balaban J connectivity index is 1.36. The number of likely N-dealkylation sites (tertiary alicyclic amines) is 1. The lowest BCUT2D eigenvalue weighted by Gasteiger charge is -2.32. The van der Waals surface area contributed by atoms with Crippen LogP contribution in [0.15, 0.2) is 84.9 Å². The molecule has 1 fully saturated rings. The minimum absolute atomic E-state index is 0.0450. The number of alkyl halides is 3. The van der Waals surface area contributed by atoms with Crippen molar-refractivity contribution in [2.45, 2.75) is 31.5 Å². The van der Waals surface area contributed by atoms with Crippen molar-refractivity contribution in [3.8, 4) is 0 Å². The first-order chi connectivity index (χ1) is 16.8. The van der Waals surface area contributed by atoms with Gasteiger partial charge in [-0.05, 0) is 54.7 Å². The fraction of sp³-hybridized carbons (Fsp3) is 0.286. The van der Waals surface area contributed by atoms with Crippen LogP contribution in [-0.4, -0.2) is 29.8 Å². The highest BCUT2D eigenvalue weighted by Gasteiger charge is 2.32. The van der Waals surface area contributed by atoms with Gasteiger partial charge in [0.25, 0.3) is 5.91 Å². The highest BCUT2D eigenvalue weighted by Crippen LogP contribution is 2.29. The zero-order valence-corrected chi connectivity index (χ0v) is 19.2. The second-order valence-electron chi connectivity index (χ2n) is 8.80. The molecule has 0 spiro atoms. The summed E-state index contributed by atoms with van der Waals surface area (Å²) in [6.07, 6.45) is -2.76. The van der Waals surface area contributed by atoms with Crippen molar-refractivity contribution in [3.05, 3.63) is 107 Å². The lowest BCUT2D eigenvalue weighted by molar-refractivity contribution is -0.137. The number of hydrogen-bond acceptors (Lipinski definition) is 2. The van der Waals surface area contributed by atoms with Gasteiger partial charge in [0, 0.05) is 24.6 Å². The van der Waals surface area contributed by atoms with Crippen molar-refractivity contribution >= 4 is 11.8 Å². The fourth-order valence-corrected chi connectivity index (χ4v) is 4.41. The van der Waals surface area contributed by atoms with Crippen LogP contribution in [0, 0.1) is 5.92 Å². The predicted octanol–water partition coefficient (Wildman–Crippen LogP) is 5.66. The average molecular weight is 481 g/mol. The van der Waals surface area contributed by atoms with E-state index in [9.17, 15) is 22.8 Å². The molecule has 0 aromatic heterocycles. The van der Waals surface area contributed by atoms with Gasteiger partial charge in [-0.2, -0.15) is 13.2 Å². The monoisotopic (exact) mass is 480 g/mol. The van der Waals surface area contributed by atoms with Gasteiger partial charge in [0.1, 0.15) is 0 Å². The SMILES string of the molecule is O=C(NC(Cc1ccccc1)c1ccccc1)C1CCN(C(=O)c2ccc(C(F)(F)F)cc2)CC1. The summed E-state index contributed by atoms with van der Waals surface area (Å²) < 4.78 is 38.3. The van der Waals surface area contributed by atoms with Gasteiger partial charge >= 0.3 is 6.18 Å². The Morgan fingerprint density at radius 2 is 1.43 bits per heavy atom. The summed E-state index contributed by atoms with van der Waals surface area (Å²) in [4.78, 5) is 27.5. The molecule has 0 aliphatic carbocycles. The lowest BCUT2D eigenvalue weighted by Crippen LogP contribution is -2.44. The Morgan fingerprint density at radius 3 is 2.00 bits per heavy atom. The van der Waals surface area contributed by atoms with Crippen molar-refractivity contribution in [3.63, 3.8) is 0 Å². The second-order valence-corrected chi connectivity index (χ2v) is 8.80. The summed E-state index contributed by atoms with van der Waals surface area (Å²) in [5, 5.41) is 3.20. The fourth-order valence-electron chi connectivity index (χ4n) is 4.41. The number of hydrogen-bond donors (Lipinski definition) is 1. The normalized spacial score (nSPS) is 15.5. The smallest absolute Gasteiger partial charge is 0.349 e. The summed E-state index contributed by atoms with van der Waals surface area (Å²) in [6, 6.07) is 23.9. The Bertz CT molecular complexity index is 1120. The van der Waals surface area contributed by atoms with E-state index >= 15 is 0 Å². The van der Waals surface area contributed by atoms with Gasteiger partial charge in [0.2, 0.25) is 5.91 Å². The number of halogens is 3. The van der Waals surface area contributed by atoms with E-state index < -0.39 is 11.7 Å². The first kappa shape index (κ1) is 24.5. The number of carbonyl (C=O) groups is 2. The molecule has 1 atom stereocenters. The van der Waals surface area contributed by atoms with Gasteiger partial charge in [0.05, 0.1) is 11.6 Å². The maximum atomic E-state index is 13.1. The third-order valence-electron chi connectivity index (χ3n) is 6.41. The van der Waals surface area contributed by atoms with Crippen LogP contribution in [0.3, 0.4) is 0 Å². The van der Waals surface area contributed by atoms with E-state index in [1.54, 1.807) is 4.90 Å². The molecule has 182 valence electrons. The molecule has 3 aromatic rings. The van der Waals surface area contributed by atoms with Gasteiger partial charge in [-0.1, -0.05) is 60.7 Å².